The van der Waals surface area contributed by atoms with Crippen LogP contribution in [0.3, 0.4) is 0 Å². The number of anilines is 4. The lowest BCUT2D eigenvalue weighted by Crippen LogP contribution is -2.66. The first-order valence-electron chi connectivity index (χ1n) is 24.6. The Labute approximate surface area is 403 Å². The molecule has 2 aromatic carbocycles. The molecular formula is C50H68F2N12O5. The van der Waals surface area contributed by atoms with Crippen molar-refractivity contribution in [2.24, 2.45) is 5.41 Å². The molecule has 69 heavy (non-hydrogen) atoms. The van der Waals surface area contributed by atoms with Crippen LogP contribution in [0.1, 0.15) is 97.9 Å². The van der Waals surface area contributed by atoms with E-state index in [-0.39, 0.29) is 47.5 Å². The van der Waals surface area contributed by atoms with Gasteiger partial charge in [-0.2, -0.15) is 0 Å². The van der Waals surface area contributed by atoms with Crippen molar-refractivity contribution in [1.29, 1.82) is 0 Å². The van der Waals surface area contributed by atoms with Gasteiger partial charge in [0.2, 0.25) is 17.7 Å². The SMILES string of the molecule is CN(CCCCN(C)CCNc1cc(N2CCC3(CC2)CN(c2cc(F)c(CN4CCC(C)(C)CC4)cc2F)CC(=O)N3)ncn1)CCCNc1cccc2c1C(=O)N(C1CCC(=O)NC1=O)C2=O. The molecule has 5 amide bonds. The second-order valence-electron chi connectivity index (χ2n) is 20.5. The van der Waals surface area contributed by atoms with Gasteiger partial charge in [0.1, 0.15) is 35.6 Å². The number of rotatable bonds is 19. The molecule has 0 aliphatic carbocycles. The van der Waals surface area contributed by atoms with E-state index in [4.69, 9.17) is 0 Å². The van der Waals surface area contributed by atoms with Gasteiger partial charge in [0.25, 0.3) is 11.8 Å². The summed E-state index contributed by atoms with van der Waals surface area (Å²) in [5.41, 5.74) is 1.28. The Hall–Kier alpha value is -5.79. The van der Waals surface area contributed by atoms with Crippen LogP contribution < -0.4 is 31.1 Å². The van der Waals surface area contributed by atoms with Crippen LogP contribution in [-0.4, -0.2) is 163 Å². The number of hydrogen-bond donors (Lipinski definition) is 4. The normalized spacial score (nSPS) is 20.5. The predicted molar refractivity (Wildman–Crippen MR) is 260 cm³/mol. The van der Waals surface area contributed by atoms with Crippen LogP contribution in [-0.2, 0) is 20.9 Å². The van der Waals surface area contributed by atoms with Crippen molar-refractivity contribution in [3.05, 3.63) is 71.1 Å². The highest BCUT2D eigenvalue weighted by atomic mass is 19.1. The Morgan fingerprint density at radius 1 is 0.783 bits per heavy atom. The van der Waals surface area contributed by atoms with Crippen molar-refractivity contribution < 1.29 is 32.8 Å². The number of likely N-dealkylation sites (tertiary alicyclic amines) is 1. The van der Waals surface area contributed by atoms with Crippen molar-refractivity contribution >= 4 is 52.5 Å². The fourth-order valence-electron chi connectivity index (χ4n) is 10.3. The van der Waals surface area contributed by atoms with E-state index >= 15 is 8.78 Å². The van der Waals surface area contributed by atoms with Crippen LogP contribution in [0.25, 0.3) is 0 Å². The van der Waals surface area contributed by atoms with Gasteiger partial charge in [-0.15, -0.1) is 0 Å². The summed E-state index contributed by atoms with van der Waals surface area (Å²) in [6.07, 6.45) is 7.96. The van der Waals surface area contributed by atoms with Crippen LogP contribution in [0, 0.1) is 17.0 Å². The lowest BCUT2D eigenvalue weighted by molar-refractivity contribution is -0.136. The predicted octanol–water partition coefficient (Wildman–Crippen LogP) is 4.31. The average molecular weight is 955 g/mol. The number of fused-ring (bicyclic) bond motifs is 1. The number of nitrogens with one attached hydrogen (secondary N) is 4. The van der Waals surface area contributed by atoms with E-state index in [0.29, 0.717) is 63.4 Å². The van der Waals surface area contributed by atoms with Crippen LogP contribution >= 0.6 is 0 Å². The molecule has 6 heterocycles. The first kappa shape index (κ1) is 49.6. The zero-order chi connectivity index (χ0) is 48.9. The summed E-state index contributed by atoms with van der Waals surface area (Å²) < 4.78 is 31.2. The summed E-state index contributed by atoms with van der Waals surface area (Å²) in [5, 5.41) is 12.2. The molecule has 1 aromatic heterocycles. The Morgan fingerprint density at radius 2 is 1.51 bits per heavy atom. The largest absolute Gasteiger partial charge is 0.384 e. The molecule has 372 valence electrons. The first-order valence-corrected chi connectivity index (χ1v) is 24.6. The van der Waals surface area contributed by atoms with E-state index < -0.39 is 46.8 Å². The number of amides is 5. The lowest BCUT2D eigenvalue weighted by Gasteiger charge is -2.48. The smallest absolute Gasteiger partial charge is 0.264 e. The van der Waals surface area contributed by atoms with E-state index in [1.54, 1.807) is 29.4 Å². The first-order chi connectivity index (χ1) is 33.1. The van der Waals surface area contributed by atoms with Gasteiger partial charge in [-0.1, -0.05) is 19.9 Å². The monoisotopic (exact) mass is 955 g/mol. The zero-order valence-electron chi connectivity index (χ0n) is 40.6. The summed E-state index contributed by atoms with van der Waals surface area (Å²) in [6, 6.07) is 8.63. The minimum atomic E-state index is -0.998. The molecular weight excluding hydrogens is 887 g/mol. The standard InChI is InChI=1S/C50H68F2N12O5/c1-49(2)13-22-61(23-14-49)30-34-27-37(52)40(28-36(34)51)63-31-44(66)58-50(32-63)15-24-62(25-16-50)42-29-41(55-33-56-42)54-18-26-60(4)20-6-5-19-59(3)21-8-17-53-38-10-7-9-35-45(38)48(69)64(47(35)68)39-11-12-43(65)57-46(39)67/h7,9-10,27-29,33,39,53H,5-6,8,11-26,30-32H2,1-4H3,(H,58,66)(H,54,55,56)(H,57,65,67). The number of benzene rings is 2. The fourth-order valence-corrected chi connectivity index (χ4v) is 10.3. The Kier molecular flexibility index (Phi) is 15.4. The number of imide groups is 2. The molecule has 4 N–H and O–H groups in total. The summed E-state index contributed by atoms with van der Waals surface area (Å²) in [7, 11) is 4.20. The quantitative estimate of drug-likeness (QED) is 0.0988. The number of hydrogen-bond acceptors (Lipinski definition) is 14. The third kappa shape index (κ3) is 12.0. The molecule has 5 aliphatic rings. The van der Waals surface area contributed by atoms with Crippen molar-refractivity contribution in [1.82, 2.24) is 40.2 Å². The molecule has 0 bridgehead atoms. The molecule has 1 spiro atoms. The highest BCUT2D eigenvalue weighted by Crippen LogP contribution is 2.35. The van der Waals surface area contributed by atoms with Gasteiger partial charge in [-0.05, 0) is 122 Å². The van der Waals surface area contributed by atoms with Gasteiger partial charge >= 0.3 is 0 Å². The minimum Gasteiger partial charge on any atom is -0.384 e. The second kappa shape index (κ2) is 21.5. The highest BCUT2D eigenvalue weighted by molar-refractivity contribution is 6.25. The topological polar surface area (TPSA) is 179 Å². The minimum absolute atomic E-state index is 0.0236. The zero-order valence-corrected chi connectivity index (χ0v) is 40.6. The summed E-state index contributed by atoms with van der Waals surface area (Å²) in [6.45, 7) is 13.1. The molecule has 17 nitrogen and oxygen atoms in total. The second-order valence-corrected chi connectivity index (χ2v) is 20.5. The summed E-state index contributed by atoms with van der Waals surface area (Å²) in [4.78, 5) is 84.3. The van der Waals surface area contributed by atoms with Crippen molar-refractivity contribution in [2.75, 3.05) is 113 Å². The molecule has 8 rings (SSSR count). The van der Waals surface area contributed by atoms with Crippen molar-refractivity contribution in [3.8, 4) is 0 Å². The van der Waals surface area contributed by atoms with Gasteiger partial charge in [0, 0.05) is 75.6 Å². The van der Waals surface area contributed by atoms with E-state index in [0.717, 1.165) is 87.9 Å². The maximum Gasteiger partial charge on any atom is 0.264 e. The maximum absolute atomic E-state index is 15.7. The van der Waals surface area contributed by atoms with Gasteiger partial charge in [-0.3, -0.25) is 39.1 Å². The molecule has 0 saturated carbocycles. The van der Waals surface area contributed by atoms with Crippen molar-refractivity contribution in [3.63, 3.8) is 0 Å². The molecule has 4 fully saturated rings. The van der Waals surface area contributed by atoms with Gasteiger partial charge in [0.05, 0.1) is 28.9 Å². The van der Waals surface area contributed by atoms with Crippen LogP contribution in [0.4, 0.5) is 31.8 Å². The maximum atomic E-state index is 15.7. The third-order valence-electron chi connectivity index (χ3n) is 14.6. The molecule has 0 radical (unpaired) electrons. The molecule has 19 heteroatoms. The number of carbonyl (C=O) groups excluding carboxylic acids is 5. The molecule has 3 aromatic rings. The number of aromatic nitrogens is 2. The highest BCUT2D eigenvalue weighted by Gasteiger charge is 2.46. The number of likely N-dealkylation sites (N-methyl/N-ethyl adjacent to an activating group) is 1. The number of piperazine rings is 1. The molecule has 1 unspecified atom stereocenters. The number of carbonyl (C=O) groups is 5. The van der Waals surface area contributed by atoms with Gasteiger partial charge in [0.15, 0.2) is 0 Å². The molecule has 5 aliphatic heterocycles. The lowest BCUT2D eigenvalue weighted by atomic mass is 9.82. The van der Waals surface area contributed by atoms with Crippen LogP contribution in [0.2, 0.25) is 0 Å². The fraction of sp³-hybridized carbons (Fsp3) is 0.580. The Bertz CT molecular complexity index is 2390. The van der Waals surface area contributed by atoms with E-state index in [9.17, 15) is 24.0 Å². The number of unbranched alkanes of at least 4 members (excludes halogenated alkanes) is 1. The van der Waals surface area contributed by atoms with Crippen LogP contribution in [0.15, 0.2) is 42.7 Å². The van der Waals surface area contributed by atoms with Gasteiger partial charge < -0.3 is 35.6 Å². The Morgan fingerprint density at radius 3 is 2.25 bits per heavy atom. The number of piperidine rings is 3. The number of halogens is 2. The summed E-state index contributed by atoms with van der Waals surface area (Å²) >= 11 is 0. The van der Waals surface area contributed by atoms with Crippen LogP contribution in [0.5, 0.6) is 0 Å². The van der Waals surface area contributed by atoms with E-state index in [1.165, 1.54) is 12.1 Å². The average Bonchev–Trinajstić information content (AvgIpc) is 3.57. The van der Waals surface area contributed by atoms with Gasteiger partial charge in [-0.25, -0.2) is 18.7 Å². The Balaban J connectivity index is 0.714. The van der Waals surface area contributed by atoms with E-state index in [1.807, 2.05) is 6.07 Å². The third-order valence-corrected chi connectivity index (χ3v) is 14.6. The van der Waals surface area contributed by atoms with E-state index in [2.05, 4.69) is 78.8 Å². The molecule has 4 saturated heterocycles. The summed E-state index contributed by atoms with van der Waals surface area (Å²) in [5.74, 6) is -1.67. The van der Waals surface area contributed by atoms with Crippen molar-refractivity contribution in [2.45, 2.75) is 89.8 Å². The number of nitrogens with zero attached hydrogens (tertiary/aromatic N) is 8. The molecule has 1 atom stereocenters.